The van der Waals surface area contributed by atoms with Gasteiger partial charge in [0.25, 0.3) is 0 Å². The largest absolute Gasteiger partial charge is 0.495 e. The Morgan fingerprint density at radius 1 is 1.24 bits per heavy atom. The molecule has 7 heteroatoms. The number of benzene rings is 1. The normalized spacial score (nSPS) is 16.0. The van der Waals surface area contributed by atoms with Crippen molar-refractivity contribution < 1.29 is 9.53 Å². The Morgan fingerprint density at radius 2 is 1.96 bits per heavy atom. The topological polar surface area (TPSA) is 50.6 Å². The fourth-order valence-electron chi connectivity index (χ4n) is 2.99. The van der Waals surface area contributed by atoms with Crippen LogP contribution in [0.3, 0.4) is 0 Å². The van der Waals surface area contributed by atoms with Crippen molar-refractivity contribution >= 4 is 23.4 Å². The number of methoxy groups -OCH3 is 1. The summed E-state index contributed by atoms with van der Waals surface area (Å²) in [4.78, 5) is 21.2. The van der Waals surface area contributed by atoms with Crippen LogP contribution in [0.5, 0.6) is 5.75 Å². The van der Waals surface area contributed by atoms with Gasteiger partial charge in [-0.3, -0.25) is 4.79 Å². The number of para-hydroxylation sites is 2. The van der Waals surface area contributed by atoms with E-state index in [1.54, 1.807) is 13.3 Å². The molecule has 25 heavy (non-hydrogen) atoms. The average molecular weight is 360 g/mol. The molecular formula is C18H24N4O2S. The Hall–Kier alpha value is -2.15. The summed E-state index contributed by atoms with van der Waals surface area (Å²) in [7, 11) is 3.63. The quantitative estimate of drug-likeness (QED) is 0.766. The third kappa shape index (κ3) is 3.92. The zero-order valence-corrected chi connectivity index (χ0v) is 15.7. The van der Waals surface area contributed by atoms with Gasteiger partial charge in [0.2, 0.25) is 5.91 Å². The van der Waals surface area contributed by atoms with Gasteiger partial charge in [-0.15, -0.1) is 0 Å². The number of carbonyl (C=O) groups excluding carboxylic acids is 1. The Balaban J connectivity index is 1.58. The van der Waals surface area contributed by atoms with Gasteiger partial charge in [0.05, 0.1) is 18.0 Å². The van der Waals surface area contributed by atoms with E-state index in [0.717, 1.165) is 42.8 Å². The lowest BCUT2D eigenvalue weighted by molar-refractivity contribution is -0.130. The minimum absolute atomic E-state index is 0.140. The number of piperazine rings is 1. The first-order chi connectivity index (χ1) is 12.1. The van der Waals surface area contributed by atoms with Gasteiger partial charge in [0.1, 0.15) is 5.75 Å². The van der Waals surface area contributed by atoms with E-state index in [4.69, 9.17) is 4.74 Å². The Labute approximate surface area is 152 Å². The van der Waals surface area contributed by atoms with E-state index in [9.17, 15) is 4.79 Å². The maximum absolute atomic E-state index is 12.7. The molecule has 134 valence electrons. The average Bonchev–Trinajstić information content (AvgIpc) is 3.05. The van der Waals surface area contributed by atoms with Gasteiger partial charge in [0, 0.05) is 45.6 Å². The van der Waals surface area contributed by atoms with Crippen LogP contribution in [0.4, 0.5) is 5.69 Å². The zero-order valence-electron chi connectivity index (χ0n) is 14.9. The fourth-order valence-corrected chi connectivity index (χ4v) is 3.90. The Morgan fingerprint density at radius 3 is 2.60 bits per heavy atom. The second kappa shape index (κ2) is 7.82. The number of carbonyl (C=O) groups is 1. The summed E-state index contributed by atoms with van der Waals surface area (Å²) in [5, 5.41) is 0.729. The number of nitrogens with zero attached hydrogens (tertiary/aromatic N) is 4. The highest BCUT2D eigenvalue weighted by Gasteiger charge is 2.27. The predicted molar refractivity (Wildman–Crippen MR) is 100 cm³/mol. The van der Waals surface area contributed by atoms with E-state index in [2.05, 4.69) is 16.0 Å². The second-order valence-corrected chi connectivity index (χ2v) is 7.37. The first kappa shape index (κ1) is 17.7. The highest BCUT2D eigenvalue weighted by Crippen LogP contribution is 2.29. The van der Waals surface area contributed by atoms with Crippen LogP contribution in [-0.2, 0) is 11.8 Å². The molecule has 0 spiro atoms. The lowest BCUT2D eigenvalue weighted by atomic mass is 10.2. The third-order valence-corrected chi connectivity index (χ3v) is 5.58. The van der Waals surface area contributed by atoms with Crippen LogP contribution in [0.2, 0.25) is 0 Å². The van der Waals surface area contributed by atoms with Crippen LogP contribution in [0.15, 0.2) is 41.8 Å². The molecule has 1 unspecified atom stereocenters. The van der Waals surface area contributed by atoms with Crippen molar-refractivity contribution in [3.8, 4) is 5.75 Å². The number of ether oxygens (including phenoxy) is 1. The molecule has 2 heterocycles. The van der Waals surface area contributed by atoms with E-state index < -0.39 is 0 Å². The van der Waals surface area contributed by atoms with Crippen LogP contribution in [-0.4, -0.2) is 58.9 Å². The molecule has 0 bridgehead atoms. The molecule has 3 rings (SSSR count). The highest BCUT2D eigenvalue weighted by atomic mass is 32.2. The Kier molecular flexibility index (Phi) is 5.53. The number of aryl methyl sites for hydroxylation is 1. The smallest absolute Gasteiger partial charge is 0.236 e. The van der Waals surface area contributed by atoms with Gasteiger partial charge < -0.3 is 19.1 Å². The van der Waals surface area contributed by atoms with E-state index in [1.807, 2.05) is 47.8 Å². The first-order valence-corrected chi connectivity index (χ1v) is 9.29. The van der Waals surface area contributed by atoms with Crippen molar-refractivity contribution in [1.29, 1.82) is 0 Å². The molecule has 1 saturated heterocycles. The summed E-state index contributed by atoms with van der Waals surface area (Å²) in [6.45, 7) is 5.02. The maximum Gasteiger partial charge on any atom is 0.236 e. The molecule has 6 nitrogen and oxygen atoms in total. The summed E-state index contributed by atoms with van der Waals surface area (Å²) in [6, 6.07) is 8.02. The van der Waals surface area contributed by atoms with Crippen molar-refractivity contribution in [1.82, 2.24) is 14.5 Å². The van der Waals surface area contributed by atoms with Gasteiger partial charge in [-0.2, -0.15) is 0 Å². The highest BCUT2D eigenvalue weighted by molar-refractivity contribution is 8.00. The number of anilines is 1. The minimum atomic E-state index is -0.140. The molecule has 0 saturated carbocycles. The summed E-state index contributed by atoms with van der Waals surface area (Å²) in [6.07, 6.45) is 3.65. The molecule has 2 aromatic rings. The van der Waals surface area contributed by atoms with E-state index in [-0.39, 0.29) is 11.2 Å². The number of aromatic nitrogens is 2. The van der Waals surface area contributed by atoms with Crippen LogP contribution in [0.25, 0.3) is 0 Å². The van der Waals surface area contributed by atoms with Crippen molar-refractivity contribution in [3.05, 3.63) is 36.7 Å². The van der Waals surface area contributed by atoms with Crippen molar-refractivity contribution in [2.24, 2.45) is 7.05 Å². The van der Waals surface area contributed by atoms with E-state index in [0.29, 0.717) is 0 Å². The number of imidazole rings is 1. The molecule has 1 aromatic carbocycles. The molecule has 1 aliphatic rings. The van der Waals surface area contributed by atoms with Crippen LogP contribution < -0.4 is 9.64 Å². The minimum Gasteiger partial charge on any atom is -0.495 e. The number of hydrogen-bond donors (Lipinski definition) is 0. The fraction of sp³-hybridized carbons (Fsp3) is 0.444. The van der Waals surface area contributed by atoms with Crippen molar-refractivity contribution in [2.45, 2.75) is 17.3 Å². The van der Waals surface area contributed by atoms with Crippen LogP contribution in [0.1, 0.15) is 6.92 Å². The zero-order chi connectivity index (χ0) is 17.8. The van der Waals surface area contributed by atoms with Gasteiger partial charge in [-0.25, -0.2) is 4.98 Å². The van der Waals surface area contributed by atoms with Crippen LogP contribution >= 0.6 is 11.8 Å². The summed E-state index contributed by atoms with van der Waals surface area (Å²) >= 11 is 1.51. The van der Waals surface area contributed by atoms with E-state index >= 15 is 0 Å². The standard InChI is InChI=1S/C18H24N4O2S/c1-14(25-18-19-8-9-20(18)2)17(23)22-12-10-21(11-13-22)15-6-4-5-7-16(15)24-3/h4-9,14H,10-13H2,1-3H3. The third-order valence-electron chi connectivity index (χ3n) is 4.42. The van der Waals surface area contributed by atoms with Crippen molar-refractivity contribution in [3.63, 3.8) is 0 Å². The molecule has 1 fully saturated rings. The number of amides is 1. The maximum atomic E-state index is 12.7. The molecule has 0 N–H and O–H groups in total. The van der Waals surface area contributed by atoms with Crippen LogP contribution in [0, 0.1) is 0 Å². The summed E-state index contributed by atoms with van der Waals surface area (Å²) < 4.78 is 7.38. The SMILES string of the molecule is COc1ccccc1N1CCN(C(=O)C(C)Sc2nccn2C)CC1. The molecule has 0 aliphatic carbocycles. The molecule has 1 aliphatic heterocycles. The van der Waals surface area contributed by atoms with E-state index in [1.165, 1.54) is 11.8 Å². The predicted octanol–water partition coefficient (Wildman–Crippen LogP) is 2.26. The molecule has 1 atom stereocenters. The van der Waals surface area contributed by atoms with Gasteiger partial charge >= 0.3 is 0 Å². The lowest BCUT2D eigenvalue weighted by Crippen LogP contribution is -2.50. The number of thioether (sulfide) groups is 1. The second-order valence-electron chi connectivity index (χ2n) is 6.06. The lowest BCUT2D eigenvalue weighted by Gasteiger charge is -2.37. The molecule has 1 amide bonds. The van der Waals surface area contributed by atoms with Gasteiger partial charge in [0.15, 0.2) is 5.16 Å². The molecule has 1 aromatic heterocycles. The van der Waals surface area contributed by atoms with Gasteiger partial charge in [-0.1, -0.05) is 23.9 Å². The Bertz CT molecular complexity index is 725. The molecular weight excluding hydrogens is 336 g/mol. The monoisotopic (exact) mass is 360 g/mol. The summed E-state index contributed by atoms with van der Waals surface area (Å²) in [5.74, 6) is 1.05. The van der Waals surface area contributed by atoms with Crippen molar-refractivity contribution in [2.75, 3.05) is 38.2 Å². The first-order valence-electron chi connectivity index (χ1n) is 8.41. The number of rotatable bonds is 5. The number of hydrogen-bond acceptors (Lipinski definition) is 5. The molecule has 0 radical (unpaired) electrons. The van der Waals surface area contributed by atoms with Gasteiger partial charge in [-0.05, 0) is 19.1 Å². The summed E-state index contributed by atoms with van der Waals surface area (Å²) in [5.41, 5.74) is 1.09.